The van der Waals surface area contributed by atoms with Gasteiger partial charge in [0.15, 0.2) is 12.5 Å². The van der Waals surface area contributed by atoms with E-state index in [1.165, 1.54) is 14.2 Å². The third-order valence-corrected chi connectivity index (χ3v) is 2.65. The molecule has 2 heterocycles. The number of nitrogens with zero attached hydrogens (tertiary/aromatic N) is 6. The number of anilines is 6. The fraction of sp³-hybridized carbons (Fsp3) is 0.400. The molecule has 0 saturated carbocycles. The number of aromatic nitrogens is 6. The zero-order valence-corrected chi connectivity index (χ0v) is 13.0. The van der Waals surface area contributed by atoms with Gasteiger partial charge in [-0.15, -0.1) is 0 Å². The zero-order chi connectivity index (χ0) is 17.7. The van der Waals surface area contributed by atoms with Crippen LogP contribution in [0, 0.1) is 0 Å². The maximum atomic E-state index is 5.54. The monoisotopic (exact) mass is 338 g/mol. The van der Waals surface area contributed by atoms with Gasteiger partial charge < -0.3 is 43.0 Å². The van der Waals surface area contributed by atoms with E-state index in [0.717, 1.165) is 0 Å². The molecule has 0 amide bonds. The minimum Gasteiger partial charge on any atom is -0.368 e. The largest absolute Gasteiger partial charge is 0.368 e. The van der Waals surface area contributed by atoms with Crippen LogP contribution in [0.5, 0.6) is 0 Å². The second-order valence-electron chi connectivity index (χ2n) is 4.36. The van der Waals surface area contributed by atoms with Gasteiger partial charge in [-0.25, -0.2) is 0 Å². The summed E-state index contributed by atoms with van der Waals surface area (Å²) in [6, 6.07) is 0. The van der Waals surface area contributed by atoms with E-state index in [2.05, 4.69) is 40.5 Å². The fourth-order valence-corrected chi connectivity index (χ4v) is 1.77. The first-order valence-corrected chi connectivity index (χ1v) is 6.54. The van der Waals surface area contributed by atoms with E-state index in [1.807, 2.05) is 0 Å². The molecule has 0 bridgehead atoms. The number of nitrogens with two attached hydrogens (primary N) is 4. The average molecular weight is 338 g/mol. The number of ether oxygens (including phenoxy) is 2. The van der Waals surface area contributed by atoms with Gasteiger partial charge in [-0.2, -0.15) is 29.9 Å². The summed E-state index contributed by atoms with van der Waals surface area (Å²) in [5.41, 5.74) is 22.1. The highest BCUT2D eigenvalue weighted by atomic mass is 16.7. The highest BCUT2D eigenvalue weighted by molar-refractivity contribution is 5.42. The summed E-state index contributed by atoms with van der Waals surface area (Å²) in [4.78, 5) is 23.0. The van der Waals surface area contributed by atoms with Crippen molar-refractivity contribution in [1.29, 1.82) is 0 Å². The Balaban J connectivity index is 2.26. The van der Waals surface area contributed by atoms with Crippen LogP contribution in [0.2, 0.25) is 0 Å². The maximum absolute atomic E-state index is 5.54. The van der Waals surface area contributed by atoms with Crippen molar-refractivity contribution >= 4 is 35.7 Å². The molecule has 10 N–H and O–H groups in total. The number of rotatable bonds is 7. The van der Waals surface area contributed by atoms with Crippen molar-refractivity contribution in [2.75, 3.05) is 47.8 Å². The van der Waals surface area contributed by atoms with Gasteiger partial charge in [0.2, 0.25) is 35.7 Å². The van der Waals surface area contributed by atoms with Gasteiger partial charge in [-0.05, 0) is 0 Å². The average Bonchev–Trinajstić information content (AvgIpc) is 2.46. The minimum atomic E-state index is -0.788. The van der Waals surface area contributed by atoms with Crippen molar-refractivity contribution < 1.29 is 9.47 Å². The molecule has 2 aromatic heterocycles. The molecule has 130 valence electrons. The van der Waals surface area contributed by atoms with Crippen molar-refractivity contribution in [3.8, 4) is 0 Å². The van der Waals surface area contributed by atoms with E-state index in [9.17, 15) is 0 Å². The Morgan fingerprint density at radius 1 is 0.667 bits per heavy atom. The molecule has 0 saturated heterocycles. The first-order valence-electron chi connectivity index (χ1n) is 6.54. The van der Waals surface area contributed by atoms with Gasteiger partial charge in [-0.1, -0.05) is 0 Å². The molecule has 0 aliphatic rings. The highest BCUT2D eigenvalue weighted by Gasteiger charge is 2.23. The lowest BCUT2D eigenvalue weighted by Gasteiger charge is -2.26. The second kappa shape index (κ2) is 7.34. The van der Waals surface area contributed by atoms with E-state index < -0.39 is 12.5 Å². The third kappa shape index (κ3) is 4.37. The first-order chi connectivity index (χ1) is 11.4. The lowest BCUT2D eigenvalue weighted by molar-refractivity contribution is -0.107. The van der Waals surface area contributed by atoms with Crippen LogP contribution in [0.15, 0.2) is 0 Å². The summed E-state index contributed by atoms with van der Waals surface area (Å²) in [7, 11) is 2.88. The quantitative estimate of drug-likeness (QED) is 0.296. The number of hydrogen-bond donors (Lipinski definition) is 6. The molecule has 14 nitrogen and oxygen atoms in total. The van der Waals surface area contributed by atoms with E-state index in [1.54, 1.807) is 0 Å². The van der Waals surface area contributed by atoms with Gasteiger partial charge in [0, 0.05) is 14.2 Å². The van der Waals surface area contributed by atoms with Gasteiger partial charge in [0.25, 0.3) is 0 Å². The maximum Gasteiger partial charge on any atom is 0.231 e. The van der Waals surface area contributed by atoms with E-state index in [4.69, 9.17) is 32.4 Å². The van der Waals surface area contributed by atoms with Crippen LogP contribution in [-0.4, -0.2) is 56.6 Å². The Morgan fingerprint density at radius 3 is 1.29 bits per heavy atom. The molecular formula is C10H18N12O2. The number of nitrogens with one attached hydrogen (secondary N) is 2. The molecule has 14 heteroatoms. The zero-order valence-electron chi connectivity index (χ0n) is 13.0. The molecule has 0 radical (unpaired) electrons. The Morgan fingerprint density at radius 2 is 1.00 bits per heavy atom. The number of nitrogen functional groups attached to an aromatic ring is 4. The molecular weight excluding hydrogens is 320 g/mol. The van der Waals surface area contributed by atoms with Crippen molar-refractivity contribution in [2.45, 2.75) is 12.5 Å². The minimum absolute atomic E-state index is 0.0521. The van der Waals surface area contributed by atoms with Gasteiger partial charge in [0.05, 0.1) is 0 Å². The lowest BCUT2D eigenvalue weighted by Crippen LogP contribution is -2.43. The molecule has 24 heavy (non-hydrogen) atoms. The van der Waals surface area contributed by atoms with Crippen molar-refractivity contribution in [3.05, 3.63) is 0 Å². The molecule has 0 unspecified atom stereocenters. The summed E-state index contributed by atoms with van der Waals surface area (Å²) in [6.45, 7) is 0. The first kappa shape index (κ1) is 17.1. The Bertz CT molecular complexity index is 600. The van der Waals surface area contributed by atoms with Gasteiger partial charge in [0.1, 0.15) is 0 Å². The van der Waals surface area contributed by atoms with Crippen LogP contribution in [0.3, 0.4) is 0 Å². The normalized spacial score (nSPS) is 11.0. The van der Waals surface area contributed by atoms with Crippen molar-refractivity contribution in [2.24, 2.45) is 0 Å². The SMILES string of the molecule is COC(OC)C(Nc1nc(N)nc(N)n1)Nc1nc(N)nc(N)n1. The fourth-order valence-electron chi connectivity index (χ4n) is 1.77. The topological polar surface area (TPSA) is 224 Å². The Labute approximate surface area is 136 Å². The van der Waals surface area contributed by atoms with Gasteiger partial charge in [-0.3, -0.25) is 0 Å². The Kier molecular flexibility index (Phi) is 5.23. The smallest absolute Gasteiger partial charge is 0.231 e. The summed E-state index contributed by atoms with van der Waals surface area (Å²) in [5.74, 6) is -0.0293. The molecule has 0 spiro atoms. The van der Waals surface area contributed by atoms with Crippen LogP contribution in [0.25, 0.3) is 0 Å². The van der Waals surface area contributed by atoms with Gasteiger partial charge >= 0.3 is 0 Å². The summed E-state index contributed by atoms with van der Waals surface area (Å²) in [5, 5.41) is 5.77. The summed E-state index contributed by atoms with van der Waals surface area (Å²) >= 11 is 0. The van der Waals surface area contributed by atoms with E-state index in [0.29, 0.717) is 0 Å². The van der Waals surface area contributed by atoms with E-state index in [-0.39, 0.29) is 35.7 Å². The number of hydrogen-bond acceptors (Lipinski definition) is 14. The van der Waals surface area contributed by atoms with Crippen LogP contribution >= 0.6 is 0 Å². The molecule has 2 aromatic rings. The predicted octanol–water partition coefficient (Wildman–Crippen LogP) is -2.15. The molecule has 0 fully saturated rings. The lowest BCUT2D eigenvalue weighted by atomic mass is 10.4. The number of methoxy groups -OCH3 is 2. The second-order valence-corrected chi connectivity index (χ2v) is 4.36. The van der Waals surface area contributed by atoms with Crippen LogP contribution < -0.4 is 33.6 Å². The highest BCUT2D eigenvalue weighted by Crippen LogP contribution is 2.12. The molecule has 0 aromatic carbocycles. The molecule has 0 aliphatic heterocycles. The summed E-state index contributed by atoms with van der Waals surface area (Å²) in [6.07, 6.45) is -1.54. The molecule has 0 aliphatic carbocycles. The Hall–Kier alpha value is -3.26. The third-order valence-electron chi connectivity index (χ3n) is 2.65. The molecule has 0 atom stereocenters. The van der Waals surface area contributed by atoms with Crippen LogP contribution in [0.4, 0.5) is 35.7 Å². The van der Waals surface area contributed by atoms with Crippen LogP contribution in [-0.2, 0) is 9.47 Å². The molecule has 2 rings (SSSR count). The predicted molar refractivity (Wildman–Crippen MR) is 86.1 cm³/mol. The van der Waals surface area contributed by atoms with E-state index >= 15 is 0 Å². The van der Waals surface area contributed by atoms with Crippen molar-refractivity contribution in [1.82, 2.24) is 29.9 Å². The van der Waals surface area contributed by atoms with Crippen molar-refractivity contribution in [3.63, 3.8) is 0 Å². The summed E-state index contributed by atoms with van der Waals surface area (Å²) < 4.78 is 10.4. The standard InChI is InChI=1S/C10H18N12O2/c1-23-4(24-2)3(15-9-19-5(11)17-6(12)20-9)16-10-21-7(13)18-8(14)22-10/h3-4H,1-2H3,(H5,11,12,15,17,19,20)(H5,13,14,16,18,21,22). The van der Waals surface area contributed by atoms with Crippen LogP contribution in [0.1, 0.15) is 0 Å².